The summed E-state index contributed by atoms with van der Waals surface area (Å²) in [5.41, 5.74) is 2.27. The number of carbonyl (C=O) groups is 1. The van der Waals surface area contributed by atoms with Crippen LogP contribution in [-0.4, -0.2) is 40.2 Å². The number of aromatic nitrogens is 4. The van der Waals surface area contributed by atoms with Crippen LogP contribution in [-0.2, 0) is 20.6 Å². The fourth-order valence-electron chi connectivity index (χ4n) is 3.05. The molecule has 0 aliphatic carbocycles. The zero-order chi connectivity index (χ0) is 26.4. The Morgan fingerprint density at radius 1 is 0.973 bits per heavy atom. The first-order chi connectivity index (χ1) is 17.7. The van der Waals surface area contributed by atoms with Gasteiger partial charge in [-0.3, -0.25) is 9.52 Å². The summed E-state index contributed by atoms with van der Waals surface area (Å²) in [5, 5.41) is 11.8. The Kier molecular flexibility index (Phi) is 9.03. The number of amides is 1. The summed E-state index contributed by atoms with van der Waals surface area (Å²) in [5.74, 6) is 1.31. The van der Waals surface area contributed by atoms with Gasteiger partial charge in [-0.15, -0.1) is 10.2 Å². The summed E-state index contributed by atoms with van der Waals surface area (Å²) in [6.45, 7) is 3.45. The number of thioether (sulfide) groups is 2. The third kappa shape index (κ3) is 8.14. The molecule has 0 aliphatic rings. The number of benzene rings is 2. The predicted octanol–water partition coefficient (Wildman–Crippen LogP) is 5.42. The van der Waals surface area contributed by atoms with E-state index in [0.29, 0.717) is 26.6 Å². The Morgan fingerprint density at radius 3 is 2.32 bits per heavy atom. The molecule has 0 bridgehead atoms. The number of aryl methyl sites for hydroxylation is 2. The second-order valence-electron chi connectivity index (χ2n) is 7.66. The predicted molar refractivity (Wildman–Crippen MR) is 149 cm³/mol. The van der Waals surface area contributed by atoms with Gasteiger partial charge in [0.15, 0.2) is 8.68 Å². The maximum absolute atomic E-state index is 12.7. The topological polar surface area (TPSA) is 127 Å². The lowest BCUT2D eigenvalue weighted by Crippen LogP contribution is -2.16. The van der Waals surface area contributed by atoms with Gasteiger partial charge < -0.3 is 5.32 Å². The molecule has 0 radical (unpaired) electrons. The maximum atomic E-state index is 12.7. The minimum atomic E-state index is -3.84. The highest BCUT2D eigenvalue weighted by molar-refractivity contribution is 8.03. The number of carbonyl (C=O) groups excluding carboxylic acids is 1. The van der Waals surface area contributed by atoms with Gasteiger partial charge in [0.05, 0.1) is 10.6 Å². The highest BCUT2D eigenvalue weighted by Crippen LogP contribution is 2.31. The summed E-state index contributed by atoms with van der Waals surface area (Å²) in [6, 6.07) is 15.1. The number of rotatable bonds is 10. The first-order valence-corrected chi connectivity index (χ1v) is 15.4. The van der Waals surface area contributed by atoms with Crippen molar-refractivity contribution in [3.63, 3.8) is 0 Å². The first-order valence-electron chi connectivity index (χ1n) is 10.7. The molecular weight excluding hydrogens is 572 g/mol. The molecule has 0 fully saturated rings. The lowest BCUT2D eigenvalue weighted by atomic mass is 10.2. The smallest absolute Gasteiger partial charge is 0.263 e. The van der Waals surface area contributed by atoms with Gasteiger partial charge in [0.2, 0.25) is 5.91 Å². The van der Waals surface area contributed by atoms with Gasteiger partial charge in [-0.2, -0.15) is 0 Å². The highest BCUT2D eigenvalue weighted by Gasteiger charge is 2.16. The number of nitrogens with one attached hydrogen (secondary N) is 2. The van der Waals surface area contributed by atoms with Crippen molar-refractivity contribution in [2.24, 2.45) is 0 Å². The minimum absolute atomic E-state index is 0.0475. The molecule has 37 heavy (non-hydrogen) atoms. The number of nitrogens with zero attached hydrogens (tertiary/aromatic N) is 4. The average Bonchev–Trinajstić information content (AvgIpc) is 3.30. The molecule has 9 nitrogen and oxygen atoms in total. The van der Waals surface area contributed by atoms with Crippen LogP contribution in [0.5, 0.6) is 0 Å². The number of halogens is 1. The molecule has 0 spiro atoms. The molecule has 2 heterocycles. The Morgan fingerprint density at radius 2 is 1.65 bits per heavy atom. The van der Waals surface area contributed by atoms with E-state index in [2.05, 4.69) is 30.2 Å². The number of sulfonamides is 1. The van der Waals surface area contributed by atoms with Crippen LogP contribution >= 0.6 is 46.5 Å². The Labute approximate surface area is 231 Å². The van der Waals surface area contributed by atoms with E-state index in [1.54, 1.807) is 31.7 Å². The van der Waals surface area contributed by atoms with Crippen molar-refractivity contribution in [1.29, 1.82) is 0 Å². The van der Waals surface area contributed by atoms with Gasteiger partial charge in [0, 0.05) is 28.2 Å². The van der Waals surface area contributed by atoms with Gasteiger partial charge in [0.25, 0.3) is 10.0 Å². The third-order valence-corrected chi connectivity index (χ3v) is 9.53. The molecule has 2 aromatic heterocycles. The zero-order valence-corrected chi connectivity index (χ0v) is 23.7. The van der Waals surface area contributed by atoms with Gasteiger partial charge in [-0.05, 0) is 55.8 Å². The standard InChI is InChI=1S/C23H21ClN6O3S4/c1-14-11-20(26-15(2)25-14)30-37(32,33)19-9-7-18(8-10-19)27-21(31)13-35-23-29-28-22(36-23)34-12-16-3-5-17(24)6-4-16/h3-11H,12-13H2,1-2H3,(H,27,31)(H,25,26,30). The van der Waals surface area contributed by atoms with Crippen LogP contribution in [0.1, 0.15) is 17.1 Å². The maximum Gasteiger partial charge on any atom is 0.263 e. The Balaban J connectivity index is 1.26. The van der Waals surface area contributed by atoms with E-state index in [-0.39, 0.29) is 22.4 Å². The minimum Gasteiger partial charge on any atom is -0.325 e. The number of anilines is 2. The van der Waals surface area contributed by atoms with Crippen molar-refractivity contribution in [1.82, 2.24) is 20.2 Å². The van der Waals surface area contributed by atoms with Gasteiger partial charge in [-0.1, -0.05) is 58.6 Å². The van der Waals surface area contributed by atoms with Crippen molar-refractivity contribution >= 4 is 73.9 Å². The lowest BCUT2D eigenvalue weighted by molar-refractivity contribution is -0.113. The summed E-state index contributed by atoms with van der Waals surface area (Å²) in [4.78, 5) is 20.7. The van der Waals surface area contributed by atoms with E-state index in [9.17, 15) is 13.2 Å². The summed E-state index contributed by atoms with van der Waals surface area (Å²) < 4.78 is 29.3. The van der Waals surface area contributed by atoms with E-state index < -0.39 is 10.0 Å². The summed E-state index contributed by atoms with van der Waals surface area (Å²) in [7, 11) is -3.84. The van der Waals surface area contributed by atoms with E-state index in [0.717, 1.165) is 15.7 Å². The quantitative estimate of drug-likeness (QED) is 0.232. The van der Waals surface area contributed by atoms with Crippen LogP contribution in [0.4, 0.5) is 11.5 Å². The van der Waals surface area contributed by atoms with Crippen LogP contribution in [0, 0.1) is 13.8 Å². The molecule has 0 saturated heterocycles. The Bertz CT molecular complexity index is 1480. The highest BCUT2D eigenvalue weighted by atomic mass is 35.5. The lowest BCUT2D eigenvalue weighted by Gasteiger charge is -2.09. The van der Waals surface area contributed by atoms with Crippen LogP contribution in [0.15, 0.2) is 68.2 Å². The van der Waals surface area contributed by atoms with Crippen molar-refractivity contribution in [2.45, 2.75) is 33.2 Å². The molecule has 2 N–H and O–H groups in total. The molecule has 4 rings (SSSR count). The normalized spacial score (nSPS) is 11.3. The molecule has 1 amide bonds. The second kappa shape index (κ2) is 12.2. The fraction of sp³-hybridized carbons (Fsp3) is 0.174. The second-order valence-corrected chi connectivity index (χ2v) is 13.2. The van der Waals surface area contributed by atoms with E-state index in [4.69, 9.17) is 11.6 Å². The SMILES string of the molecule is Cc1cc(NS(=O)(=O)c2ccc(NC(=O)CSc3nnc(SCc4ccc(Cl)cc4)s3)cc2)nc(C)n1. The van der Waals surface area contributed by atoms with Gasteiger partial charge in [0.1, 0.15) is 11.6 Å². The molecule has 0 unspecified atom stereocenters. The molecule has 0 atom stereocenters. The molecule has 0 saturated carbocycles. The average molecular weight is 593 g/mol. The molecule has 4 aromatic rings. The van der Waals surface area contributed by atoms with Crippen LogP contribution < -0.4 is 10.0 Å². The van der Waals surface area contributed by atoms with E-state index in [1.807, 2.05) is 24.3 Å². The van der Waals surface area contributed by atoms with Crippen molar-refractivity contribution in [3.8, 4) is 0 Å². The summed E-state index contributed by atoms with van der Waals surface area (Å²) in [6.07, 6.45) is 0. The summed E-state index contributed by atoms with van der Waals surface area (Å²) >= 11 is 10.2. The first kappa shape index (κ1) is 27.3. The van der Waals surface area contributed by atoms with Crippen LogP contribution in [0.25, 0.3) is 0 Å². The fourth-order valence-corrected chi connectivity index (χ4v) is 6.94. The van der Waals surface area contributed by atoms with Crippen LogP contribution in [0.3, 0.4) is 0 Å². The van der Waals surface area contributed by atoms with Crippen LogP contribution in [0.2, 0.25) is 5.02 Å². The van der Waals surface area contributed by atoms with Gasteiger partial charge in [-0.25, -0.2) is 18.4 Å². The molecule has 14 heteroatoms. The monoisotopic (exact) mass is 592 g/mol. The van der Waals surface area contributed by atoms with Gasteiger partial charge >= 0.3 is 0 Å². The van der Waals surface area contributed by atoms with Crippen molar-refractivity contribution < 1.29 is 13.2 Å². The van der Waals surface area contributed by atoms with E-state index >= 15 is 0 Å². The number of hydrogen-bond acceptors (Lipinski definition) is 10. The molecule has 0 aliphatic heterocycles. The molecule has 192 valence electrons. The Hall–Kier alpha value is -2.71. The number of hydrogen-bond donors (Lipinski definition) is 2. The molecular formula is C23H21ClN6O3S4. The van der Waals surface area contributed by atoms with E-state index in [1.165, 1.54) is 47.4 Å². The zero-order valence-electron chi connectivity index (χ0n) is 19.6. The largest absolute Gasteiger partial charge is 0.325 e. The van der Waals surface area contributed by atoms with Crippen molar-refractivity contribution in [3.05, 3.63) is 76.7 Å². The van der Waals surface area contributed by atoms with Crippen molar-refractivity contribution in [2.75, 3.05) is 15.8 Å². The third-order valence-electron chi connectivity index (χ3n) is 4.64. The molecule has 2 aromatic carbocycles.